The fourth-order valence-corrected chi connectivity index (χ4v) is 3.14. The summed E-state index contributed by atoms with van der Waals surface area (Å²) in [5.41, 5.74) is 1.99. The average molecular weight is 318 g/mol. The Morgan fingerprint density at radius 2 is 2.09 bits per heavy atom. The number of nitrogens with one attached hydrogen (secondary N) is 1. The summed E-state index contributed by atoms with van der Waals surface area (Å²) < 4.78 is 5.52. The number of hydrogen-bond acceptors (Lipinski definition) is 4. The van der Waals surface area contributed by atoms with E-state index in [1.807, 2.05) is 43.1 Å². The van der Waals surface area contributed by atoms with Gasteiger partial charge in [-0.15, -0.1) is 11.3 Å². The lowest BCUT2D eigenvalue weighted by Crippen LogP contribution is -2.29. The highest BCUT2D eigenvalue weighted by Crippen LogP contribution is 2.23. The Kier molecular flexibility index (Phi) is 5.98. The van der Waals surface area contributed by atoms with Crippen molar-refractivity contribution in [2.75, 3.05) is 25.5 Å². The first kappa shape index (κ1) is 16.5. The van der Waals surface area contributed by atoms with Gasteiger partial charge in [0.25, 0.3) is 0 Å². The summed E-state index contributed by atoms with van der Waals surface area (Å²) >= 11 is 1.72. The van der Waals surface area contributed by atoms with Crippen LogP contribution in [0.5, 0.6) is 5.75 Å². The number of anilines is 1. The van der Waals surface area contributed by atoms with Crippen molar-refractivity contribution in [2.24, 2.45) is 0 Å². The second kappa shape index (κ2) is 7.96. The van der Waals surface area contributed by atoms with Crippen molar-refractivity contribution in [1.29, 1.82) is 0 Å². The molecule has 0 bridgehead atoms. The molecule has 0 spiro atoms. The number of carbonyl (C=O) groups excluding carboxylic acids is 1. The molecule has 118 valence electrons. The van der Waals surface area contributed by atoms with Crippen LogP contribution >= 0.6 is 11.3 Å². The number of amides is 1. The number of nitrogens with zero attached hydrogens (tertiary/aromatic N) is 1. The molecule has 0 saturated carbocycles. The van der Waals surface area contributed by atoms with Crippen molar-refractivity contribution in [3.63, 3.8) is 0 Å². The summed E-state index contributed by atoms with van der Waals surface area (Å²) in [6, 6.07) is 9.60. The van der Waals surface area contributed by atoms with Crippen molar-refractivity contribution in [1.82, 2.24) is 4.90 Å². The maximum atomic E-state index is 12.2. The summed E-state index contributed by atoms with van der Waals surface area (Å²) in [7, 11) is 1.95. The largest absolute Gasteiger partial charge is 0.492 e. The molecule has 0 aliphatic rings. The zero-order valence-corrected chi connectivity index (χ0v) is 14.1. The monoisotopic (exact) mass is 318 g/mol. The predicted molar refractivity (Wildman–Crippen MR) is 91.6 cm³/mol. The lowest BCUT2D eigenvalue weighted by molar-refractivity contribution is -0.117. The summed E-state index contributed by atoms with van der Waals surface area (Å²) in [6.07, 6.45) is 0. The van der Waals surface area contributed by atoms with Crippen LogP contribution in [0.4, 0.5) is 5.69 Å². The molecule has 0 fully saturated rings. The van der Waals surface area contributed by atoms with Gasteiger partial charge in [-0.25, -0.2) is 0 Å². The molecular weight excluding hydrogens is 296 g/mol. The van der Waals surface area contributed by atoms with Crippen LogP contribution < -0.4 is 10.1 Å². The van der Waals surface area contributed by atoms with E-state index in [1.165, 1.54) is 10.4 Å². The van der Waals surface area contributed by atoms with Gasteiger partial charge in [-0.1, -0.05) is 12.1 Å². The maximum absolute atomic E-state index is 12.2. The van der Waals surface area contributed by atoms with E-state index in [4.69, 9.17) is 4.74 Å². The second-order valence-corrected chi connectivity index (χ2v) is 6.18. The van der Waals surface area contributed by atoms with Gasteiger partial charge < -0.3 is 10.1 Å². The number of ether oxygens (including phenoxy) is 1. The van der Waals surface area contributed by atoms with Gasteiger partial charge in [0.1, 0.15) is 5.75 Å². The summed E-state index contributed by atoms with van der Waals surface area (Å²) in [5.74, 6) is 0.666. The Labute approximate surface area is 135 Å². The first-order valence-corrected chi connectivity index (χ1v) is 8.21. The van der Waals surface area contributed by atoms with Gasteiger partial charge in [-0.3, -0.25) is 9.69 Å². The normalized spacial score (nSPS) is 10.7. The number of carbonyl (C=O) groups is 1. The third-order valence-corrected chi connectivity index (χ3v) is 4.26. The van der Waals surface area contributed by atoms with Crippen LogP contribution in [-0.2, 0) is 11.3 Å². The zero-order chi connectivity index (χ0) is 15.9. The highest BCUT2D eigenvalue weighted by atomic mass is 32.1. The number of aryl methyl sites for hydroxylation is 1. The highest BCUT2D eigenvalue weighted by molar-refractivity contribution is 7.10. The number of hydrogen-bond donors (Lipinski definition) is 1. The molecule has 1 aromatic heterocycles. The minimum atomic E-state index is -0.0381. The van der Waals surface area contributed by atoms with Crippen LogP contribution in [-0.4, -0.2) is 31.0 Å². The van der Waals surface area contributed by atoms with Crippen molar-refractivity contribution in [3.05, 3.63) is 46.2 Å². The Morgan fingerprint density at radius 1 is 1.32 bits per heavy atom. The van der Waals surface area contributed by atoms with E-state index in [-0.39, 0.29) is 5.91 Å². The molecule has 1 aromatic carbocycles. The Hall–Kier alpha value is -1.85. The Balaban J connectivity index is 1.91. The highest BCUT2D eigenvalue weighted by Gasteiger charge is 2.11. The summed E-state index contributed by atoms with van der Waals surface area (Å²) in [4.78, 5) is 15.5. The lowest BCUT2D eigenvalue weighted by Gasteiger charge is -2.17. The number of para-hydroxylation sites is 2. The zero-order valence-electron chi connectivity index (χ0n) is 13.3. The molecule has 0 aliphatic heterocycles. The third-order valence-electron chi connectivity index (χ3n) is 3.26. The van der Waals surface area contributed by atoms with Crippen molar-refractivity contribution < 1.29 is 9.53 Å². The van der Waals surface area contributed by atoms with E-state index in [1.54, 1.807) is 11.3 Å². The first-order valence-electron chi connectivity index (χ1n) is 7.33. The van der Waals surface area contributed by atoms with Gasteiger partial charge in [-0.05, 0) is 50.0 Å². The van der Waals surface area contributed by atoms with Crippen LogP contribution in [0.25, 0.3) is 0 Å². The fourth-order valence-electron chi connectivity index (χ4n) is 2.15. The standard InChI is InChI=1S/C17H22N2O2S/c1-4-21-15-8-6-5-7-14(15)18-17(20)12-19(3)11-16-13(2)9-10-22-16/h5-10H,4,11-12H2,1-3H3,(H,18,20). The van der Waals surface area contributed by atoms with Crippen molar-refractivity contribution in [2.45, 2.75) is 20.4 Å². The first-order chi connectivity index (χ1) is 10.6. The molecule has 4 nitrogen and oxygen atoms in total. The number of thiophene rings is 1. The summed E-state index contributed by atoms with van der Waals surface area (Å²) in [5, 5.41) is 5.00. The van der Waals surface area contributed by atoms with Crippen LogP contribution in [0.3, 0.4) is 0 Å². The van der Waals surface area contributed by atoms with E-state index in [0.29, 0.717) is 18.9 Å². The third kappa shape index (κ3) is 4.58. The molecular formula is C17H22N2O2S. The van der Waals surface area contributed by atoms with Crippen LogP contribution in [0.1, 0.15) is 17.4 Å². The molecule has 0 atom stereocenters. The Bertz CT molecular complexity index is 625. The minimum absolute atomic E-state index is 0.0381. The lowest BCUT2D eigenvalue weighted by atomic mass is 10.2. The fraction of sp³-hybridized carbons (Fsp3) is 0.353. The van der Waals surface area contributed by atoms with E-state index >= 15 is 0 Å². The molecule has 1 amide bonds. The average Bonchev–Trinajstić information content (AvgIpc) is 2.86. The van der Waals surface area contributed by atoms with E-state index in [2.05, 4.69) is 23.7 Å². The molecule has 0 saturated heterocycles. The SMILES string of the molecule is CCOc1ccccc1NC(=O)CN(C)Cc1sccc1C. The predicted octanol–water partition coefficient (Wildman–Crippen LogP) is 3.53. The van der Waals surface area contributed by atoms with Crippen molar-refractivity contribution in [3.8, 4) is 5.75 Å². The Morgan fingerprint density at radius 3 is 2.77 bits per heavy atom. The molecule has 0 unspecified atom stereocenters. The topological polar surface area (TPSA) is 41.6 Å². The molecule has 22 heavy (non-hydrogen) atoms. The molecule has 1 heterocycles. The van der Waals surface area contributed by atoms with E-state index in [9.17, 15) is 4.79 Å². The number of rotatable bonds is 7. The van der Waals surface area contributed by atoms with Crippen LogP contribution in [0.2, 0.25) is 0 Å². The van der Waals surface area contributed by atoms with Gasteiger partial charge in [0.05, 0.1) is 18.8 Å². The summed E-state index contributed by atoms with van der Waals surface area (Å²) in [6.45, 7) is 5.72. The van der Waals surface area contributed by atoms with Gasteiger partial charge in [0, 0.05) is 11.4 Å². The molecule has 2 rings (SSSR count). The number of benzene rings is 1. The van der Waals surface area contributed by atoms with Crippen LogP contribution in [0.15, 0.2) is 35.7 Å². The maximum Gasteiger partial charge on any atom is 0.238 e. The molecule has 0 aliphatic carbocycles. The van der Waals surface area contributed by atoms with Gasteiger partial charge in [-0.2, -0.15) is 0 Å². The van der Waals surface area contributed by atoms with Crippen LogP contribution in [0, 0.1) is 6.92 Å². The van der Waals surface area contributed by atoms with Gasteiger partial charge in [0.15, 0.2) is 0 Å². The van der Waals surface area contributed by atoms with E-state index in [0.717, 1.165) is 12.2 Å². The van der Waals surface area contributed by atoms with E-state index < -0.39 is 0 Å². The molecule has 1 N–H and O–H groups in total. The van der Waals surface area contributed by atoms with Gasteiger partial charge in [0.2, 0.25) is 5.91 Å². The molecule has 2 aromatic rings. The molecule has 0 radical (unpaired) electrons. The quantitative estimate of drug-likeness (QED) is 0.849. The number of likely N-dealkylation sites (N-methyl/N-ethyl adjacent to an activating group) is 1. The second-order valence-electron chi connectivity index (χ2n) is 5.18. The van der Waals surface area contributed by atoms with Crippen molar-refractivity contribution >= 4 is 22.9 Å². The molecule has 5 heteroatoms. The minimum Gasteiger partial charge on any atom is -0.492 e. The smallest absolute Gasteiger partial charge is 0.238 e. The van der Waals surface area contributed by atoms with Gasteiger partial charge >= 0.3 is 0 Å².